The lowest BCUT2D eigenvalue weighted by Gasteiger charge is -2.39. The van der Waals surface area contributed by atoms with Gasteiger partial charge in [0.2, 0.25) is 15.9 Å². The first-order chi connectivity index (χ1) is 8.82. The van der Waals surface area contributed by atoms with E-state index in [9.17, 15) is 18.0 Å². The van der Waals surface area contributed by atoms with E-state index in [0.29, 0.717) is 32.2 Å². The Bertz CT molecular complexity index is 482. The van der Waals surface area contributed by atoms with E-state index in [-0.39, 0.29) is 24.2 Å². The molecule has 0 aromatic heterocycles. The number of hydrogen-bond acceptors (Lipinski definition) is 4. The van der Waals surface area contributed by atoms with Gasteiger partial charge in [0.15, 0.2) is 0 Å². The molecule has 0 unspecified atom stereocenters. The first-order valence-electron chi connectivity index (χ1n) is 6.61. The highest BCUT2D eigenvalue weighted by Crippen LogP contribution is 2.36. The summed E-state index contributed by atoms with van der Waals surface area (Å²) in [5.74, 6) is -0.876. The molecule has 2 rings (SSSR count). The maximum atomic E-state index is 12.4. The third-order valence-corrected chi connectivity index (χ3v) is 6.52. The quantitative estimate of drug-likeness (QED) is 0.780. The molecule has 0 radical (unpaired) electrons. The number of nitrogens with two attached hydrogens (primary N) is 1. The Morgan fingerprint density at radius 2 is 1.84 bits per heavy atom. The molecule has 0 spiro atoms. The lowest BCUT2D eigenvalue weighted by Crippen LogP contribution is -2.51. The Balaban J connectivity index is 2.00. The summed E-state index contributed by atoms with van der Waals surface area (Å²) in [7, 11) is -3.38. The largest absolute Gasteiger partial charge is 0.369 e. The highest BCUT2D eigenvalue weighted by Gasteiger charge is 2.44. The van der Waals surface area contributed by atoms with E-state index in [1.165, 1.54) is 11.2 Å². The van der Waals surface area contributed by atoms with Gasteiger partial charge in [-0.15, -0.1) is 0 Å². The lowest BCUT2D eigenvalue weighted by molar-refractivity contribution is -0.123. The van der Waals surface area contributed by atoms with E-state index in [2.05, 4.69) is 0 Å². The highest BCUT2D eigenvalue weighted by atomic mass is 32.2. The molecule has 1 aliphatic carbocycles. The minimum Gasteiger partial charge on any atom is -0.369 e. The van der Waals surface area contributed by atoms with Gasteiger partial charge in [0, 0.05) is 19.0 Å². The second-order valence-electron chi connectivity index (χ2n) is 5.55. The molecule has 1 amide bonds. The van der Waals surface area contributed by atoms with Crippen molar-refractivity contribution < 1.29 is 18.0 Å². The molecule has 0 aromatic carbocycles. The number of Topliss-reactive ketones (excluding diaryl/α,β-unsaturated/α-hetero) is 1. The molecule has 0 aromatic rings. The molecule has 1 aliphatic heterocycles. The fourth-order valence-electron chi connectivity index (χ4n) is 2.76. The molecule has 0 bridgehead atoms. The monoisotopic (exact) mass is 288 g/mol. The van der Waals surface area contributed by atoms with Crippen LogP contribution in [0.5, 0.6) is 0 Å². The molecule has 1 saturated heterocycles. The van der Waals surface area contributed by atoms with Gasteiger partial charge in [-0.2, -0.15) is 0 Å². The average Bonchev–Trinajstić information content (AvgIpc) is 2.26. The summed E-state index contributed by atoms with van der Waals surface area (Å²) in [5.41, 5.74) is 5.25. The van der Waals surface area contributed by atoms with Gasteiger partial charge in [-0.3, -0.25) is 9.59 Å². The van der Waals surface area contributed by atoms with Crippen molar-refractivity contribution in [3.8, 4) is 0 Å². The van der Waals surface area contributed by atoms with Crippen molar-refractivity contribution >= 4 is 21.7 Å². The average molecular weight is 288 g/mol. The molecule has 2 aliphatic rings. The van der Waals surface area contributed by atoms with Crippen LogP contribution in [0.25, 0.3) is 0 Å². The second kappa shape index (κ2) is 5.20. The molecule has 19 heavy (non-hydrogen) atoms. The molecule has 1 atom stereocenters. The standard InChI is InChI=1S/C12H20N2O4S/c1-8(15)10-5-11(6-10)19(17,18)14-4-2-3-9(7-14)12(13)16/h9-11H,2-7H2,1H3,(H2,13,16)/t9-,10-,11+/m0/s1. The fraction of sp³-hybridized carbons (Fsp3) is 0.833. The predicted molar refractivity (Wildman–Crippen MR) is 69.6 cm³/mol. The number of piperidine rings is 1. The number of primary amides is 1. The van der Waals surface area contributed by atoms with Crippen molar-refractivity contribution in [3.05, 3.63) is 0 Å². The molecule has 108 valence electrons. The Hall–Kier alpha value is -0.950. The molecule has 2 N–H and O–H groups in total. The van der Waals surface area contributed by atoms with Gasteiger partial charge in [-0.05, 0) is 32.6 Å². The number of rotatable bonds is 4. The Morgan fingerprint density at radius 1 is 1.21 bits per heavy atom. The first-order valence-corrected chi connectivity index (χ1v) is 8.11. The first kappa shape index (κ1) is 14.5. The number of amides is 1. The van der Waals surface area contributed by atoms with Crippen molar-refractivity contribution in [1.82, 2.24) is 4.31 Å². The van der Waals surface area contributed by atoms with Crippen molar-refractivity contribution in [3.63, 3.8) is 0 Å². The summed E-state index contributed by atoms with van der Waals surface area (Å²) in [5, 5.41) is -0.465. The number of carbonyl (C=O) groups excluding carboxylic acids is 2. The third-order valence-electron chi connectivity index (χ3n) is 4.24. The van der Waals surface area contributed by atoms with Crippen molar-refractivity contribution in [2.45, 2.75) is 37.9 Å². The van der Waals surface area contributed by atoms with E-state index in [0.717, 1.165) is 0 Å². The zero-order valence-electron chi connectivity index (χ0n) is 11.0. The summed E-state index contributed by atoms with van der Waals surface area (Å²) >= 11 is 0. The van der Waals surface area contributed by atoms with Gasteiger partial charge >= 0.3 is 0 Å². The molecular weight excluding hydrogens is 268 g/mol. The molecule has 6 nitrogen and oxygen atoms in total. The van der Waals surface area contributed by atoms with E-state index < -0.39 is 21.2 Å². The van der Waals surface area contributed by atoms with Crippen LogP contribution in [-0.2, 0) is 19.6 Å². The van der Waals surface area contributed by atoms with E-state index in [1.54, 1.807) is 0 Å². The Labute approximate surface area is 113 Å². The van der Waals surface area contributed by atoms with Gasteiger partial charge in [-0.25, -0.2) is 12.7 Å². The van der Waals surface area contributed by atoms with E-state index in [4.69, 9.17) is 5.73 Å². The van der Waals surface area contributed by atoms with Gasteiger partial charge in [-0.1, -0.05) is 0 Å². The molecule has 1 heterocycles. The minimum atomic E-state index is -3.38. The van der Waals surface area contributed by atoms with Crippen molar-refractivity contribution in [2.24, 2.45) is 17.6 Å². The zero-order chi connectivity index (χ0) is 14.2. The van der Waals surface area contributed by atoms with Crippen molar-refractivity contribution in [1.29, 1.82) is 0 Å². The molecule has 2 fully saturated rings. The molecule has 1 saturated carbocycles. The summed E-state index contributed by atoms with van der Waals surface area (Å²) in [6.45, 7) is 2.14. The van der Waals surface area contributed by atoms with Gasteiger partial charge in [0.05, 0.1) is 11.2 Å². The number of hydrogen-bond donors (Lipinski definition) is 1. The van der Waals surface area contributed by atoms with Crippen LogP contribution in [0.3, 0.4) is 0 Å². The van der Waals surface area contributed by atoms with Crippen LogP contribution < -0.4 is 5.73 Å². The van der Waals surface area contributed by atoms with Crippen LogP contribution in [0.1, 0.15) is 32.6 Å². The number of carbonyl (C=O) groups is 2. The highest BCUT2D eigenvalue weighted by molar-refractivity contribution is 7.89. The van der Waals surface area contributed by atoms with Crippen molar-refractivity contribution in [2.75, 3.05) is 13.1 Å². The minimum absolute atomic E-state index is 0.0557. The van der Waals surface area contributed by atoms with Crippen LogP contribution in [0.15, 0.2) is 0 Å². The summed E-state index contributed by atoms with van der Waals surface area (Å²) in [6.07, 6.45) is 2.14. The van der Waals surface area contributed by atoms with Crippen LogP contribution in [0.4, 0.5) is 0 Å². The molecular formula is C12H20N2O4S. The molecule has 7 heteroatoms. The predicted octanol–water partition coefficient (Wildman–Crippen LogP) is -0.119. The van der Waals surface area contributed by atoms with Crippen LogP contribution in [0, 0.1) is 11.8 Å². The fourth-order valence-corrected chi connectivity index (χ4v) is 4.90. The maximum Gasteiger partial charge on any atom is 0.221 e. The van der Waals surface area contributed by atoms with E-state index >= 15 is 0 Å². The maximum absolute atomic E-state index is 12.4. The second-order valence-corrected chi connectivity index (χ2v) is 7.76. The SMILES string of the molecule is CC(=O)[C@H]1C[C@@H](S(=O)(=O)N2CCC[C@H](C(N)=O)C2)C1. The number of ketones is 1. The van der Waals surface area contributed by atoms with Crippen LogP contribution in [0.2, 0.25) is 0 Å². The smallest absolute Gasteiger partial charge is 0.221 e. The topological polar surface area (TPSA) is 97.5 Å². The normalized spacial score (nSPS) is 32.6. The van der Waals surface area contributed by atoms with Gasteiger partial charge in [0.1, 0.15) is 5.78 Å². The van der Waals surface area contributed by atoms with Gasteiger partial charge in [0.25, 0.3) is 0 Å². The number of sulfonamides is 1. The Kier molecular flexibility index (Phi) is 3.96. The zero-order valence-corrected chi connectivity index (χ0v) is 11.9. The summed E-state index contributed by atoms with van der Waals surface area (Å²) in [6, 6.07) is 0. The summed E-state index contributed by atoms with van der Waals surface area (Å²) < 4.78 is 26.1. The van der Waals surface area contributed by atoms with Crippen LogP contribution in [-0.4, -0.2) is 42.8 Å². The third kappa shape index (κ3) is 2.81. The lowest BCUT2D eigenvalue weighted by atomic mass is 9.82. The van der Waals surface area contributed by atoms with E-state index in [1.807, 2.05) is 0 Å². The number of nitrogens with zero attached hydrogens (tertiary/aromatic N) is 1. The summed E-state index contributed by atoms with van der Waals surface area (Å²) in [4.78, 5) is 22.3. The van der Waals surface area contributed by atoms with Crippen LogP contribution >= 0.6 is 0 Å². The van der Waals surface area contributed by atoms with Gasteiger partial charge < -0.3 is 5.73 Å². The Morgan fingerprint density at radius 3 is 2.37 bits per heavy atom.